The standard InChI is InChI=1S/C11H18N4O3S/c1-8(7-19(2,17)18)14-6-9-4-3-5-13-10(9)11(12)15-16/h3-5,8,14,16H,6-7H2,1-2H3,(H2,12,15). The van der Waals surface area contributed by atoms with Crippen molar-refractivity contribution in [2.24, 2.45) is 10.9 Å². The summed E-state index contributed by atoms with van der Waals surface area (Å²) in [5, 5.41) is 14.6. The maximum absolute atomic E-state index is 11.1. The van der Waals surface area contributed by atoms with E-state index in [2.05, 4.69) is 15.5 Å². The number of nitrogens with one attached hydrogen (secondary N) is 1. The lowest BCUT2D eigenvalue weighted by Gasteiger charge is -2.14. The van der Waals surface area contributed by atoms with Gasteiger partial charge < -0.3 is 16.3 Å². The van der Waals surface area contributed by atoms with E-state index in [-0.39, 0.29) is 17.6 Å². The fraction of sp³-hybridized carbons (Fsp3) is 0.455. The van der Waals surface area contributed by atoms with Gasteiger partial charge in [-0.15, -0.1) is 0 Å². The molecule has 0 aromatic carbocycles. The Labute approximate surface area is 112 Å². The van der Waals surface area contributed by atoms with E-state index in [0.29, 0.717) is 12.2 Å². The van der Waals surface area contributed by atoms with Gasteiger partial charge >= 0.3 is 0 Å². The Kier molecular flexibility index (Phi) is 5.25. The van der Waals surface area contributed by atoms with E-state index in [0.717, 1.165) is 5.56 Å². The lowest BCUT2D eigenvalue weighted by atomic mass is 10.1. The fourth-order valence-corrected chi connectivity index (χ4v) is 2.68. The number of sulfone groups is 1. The van der Waals surface area contributed by atoms with Crippen molar-refractivity contribution >= 4 is 15.7 Å². The first-order valence-electron chi connectivity index (χ1n) is 5.66. The van der Waals surface area contributed by atoms with Gasteiger partial charge in [0.2, 0.25) is 0 Å². The van der Waals surface area contributed by atoms with Crippen LogP contribution in [0.4, 0.5) is 0 Å². The molecular formula is C11H18N4O3S. The highest BCUT2D eigenvalue weighted by Crippen LogP contribution is 2.05. The Hall–Kier alpha value is -1.67. The predicted octanol–water partition coefficient (Wildman–Crippen LogP) is -0.301. The van der Waals surface area contributed by atoms with Crippen LogP contribution >= 0.6 is 0 Å². The van der Waals surface area contributed by atoms with Crippen molar-refractivity contribution in [1.29, 1.82) is 0 Å². The van der Waals surface area contributed by atoms with Gasteiger partial charge in [-0.2, -0.15) is 0 Å². The third kappa shape index (κ3) is 5.23. The van der Waals surface area contributed by atoms with Gasteiger partial charge in [-0.25, -0.2) is 8.42 Å². The van der Waals surface area contributed by atoms with Crippen LogP contribution in [0.3, 0.4) is 0 Å². The second-order valence-corrected chi connectivity index (χ2v) is 6.56. The summed E-state index contributed by atoms with van der Waals surface area (Å²) in [7, 11) is -3.03. The zero-order chi connectivity index (χ0) is 14.5. The first kappa shape index (κ1) is 15.4. The molecule has 106 valence electrons. The molecule has 4 N–H and O–H groups in total. The van der Waals surface area contributed by atoms with Crippen LogP contribution in [0.15, 0.2) is 23.5 Å². The summed E-state index contributed by atoms with van der Waals surface area (Å²) in [5.74, 6) is -0.0280. The first-order valence-corrected chi connectivity index (χ1v) is 7.72. The molecule has 8 heteroatoms. The topological polar surface area (TPSA) is 118 Å². The lowest BCUT2D eigenvalue weighted by Crippen LogP contribution is -2.33. The summed E-state index contributed by atoms with van der Waals surface area (Å²) in [5.41, 5.74) is 6.63. The Morgan fingerprint density at radius 1 is 1.63 bits per heavy atom. The molecule has 1 atom stereocenters. The van der Waals surface area contributed by atoms with Crippen LogP contribution in [-0.4, -0.2) is 42.5 Å². The molecule has 0 aliphatic heterocycles. The number of rotatable bonds is 6. The van der Waals surface area contributed by atoms with Crippen LogP contribution in [0, 0.1) is 0 Å². The largest absolute Gasteiger partial charge is 0.409 e. The van der Waals surface area contributed by atoms with Gasteiger partial charge in [0.05, 0.1) is 5.75 Å². The number of oxime groups is 1. The average molecular weight is 286 g/mol. The van der Waals surface area contributed by atoms with Crippen molar-refractivity contribution in [1.82, 2.24) is 10.3 Å². The fourth-order valence-electron chi connectivity index (χ4n) is 1.66. The smallest absolute Gasteiger partial charge is 0.189 e. The Morgan fingerprint density at radius 3 is 2.89 bits per heavy atom. The van der Waals surface area contributed by atoms with E-state index in [1.54, 1.807) is 19.1 Å². The van der Waals surface area contributed by atoms with Crippen LogP contribution in [0.25, 0.3) is 0 Å². The highest BCUT2D eigenvalue weighted by Gasteiger charge is 2.12. The number of hydrogen-bond acceptors (Lipinski definition) is 6. The molecule has 19 heavy (non-hydrogen) atoms. The second-order valence-electron chi connectivity index (χ2n) is 4.37. The van der Waals surface area contributed by atoms with Gasteiger partial charge in [-0.05, 0) is 18.6 Å². The third-order valence-corrected chi connectivity index (χ3v) is 3.54. The first-order chi connectivity index (χ1) is 8.83. The van der Waals surface area contributed by atoms with Gasteiger partial charge in [-0.1, -0.05) is 11.2 Å². The summed E-state index contributed by atoms with van der Waals surface area (Å²) >= 11 is 0. The van der Waals surface area contributed by atoms with E-state index < -0.39 is 9.84 Å². The molecule has 0 amide bonds. The molecule has 0 radical (unpaired) electrons. The molecular weight excluding hydrogens is 268 g/mol. The summed E-state index contributed by atoms with van der Waals surface area (Å²) < 4.78 is 22.3. The van der Waals surface area contributed by atoms with E-state index >= 15 is 0 Å². The number of hydrogen-bond donors (Lipinski definition) is 3. The number of nitrogens with zero attached hydrogens (tertiary/aromatic N) is 2. The summed E-state index contributed by atoms with van der Waals surface area (Å²) in [4.78, 5) is 4.03. The highest BCUT2D eigenvalue weighted by atomic mass is 32.2. The molecule has 0 saturated carbocycles. The average Bonchev–Trinajstić information content (AvgIpc) is 2.33. The molecule has 0 spiro atoms. The van der Waals surface area contributed by atoms with Crippen molar-refractivity contribution in [3.63, 3.8) is 0 Å². The van der Waals surface area contributed by atoms with Gasteiger partial charge in [0.25, 0.3) is 0 Å². The highest BCUT2D eigenvalue weighted by molar-refractivity contribution is 7.90. The normalized spacial score (nSPS) is 14.3. The van der Waals surface area contributed by atoms with Gasteiger partial charge in [0.15, 0.2) is 5.84 Å². The van der Waals surface area contributed by atoms with Crippen LogP contribution < -0.4 is 11.1 Å². The predicted molar refractivity (Wildman–Crippen MR) is 72.8 cm³/mol. The van der Waals surface area contributed by atoms with Crippen LogP contribution in [0.1, 0.15) is 18.2 Å². The van der Waals surface area contributed by atoms with Gasteiger partial charge in [-0.3, -0.25) is 4.98 Å². The van der Waals surface area contributed by atoms with Crippen molar-refractivity contribution in [3.05, 3.63) is 29.6 Å². The van der Waals surface area contributed by atoms with E-state index in [1.807, 2.05) is 0 Å². The molecule has 1 aromatic rings. The number of pyridine rings is 1. The molecule has 0 aliphatic carbocycles. The Balaban J connectivity index is 2.73. The zero-order valence-electron chi connectivity index (χ0n) is 10.9. The quantitative estimate of drug-likeness (QED) is 0.286. The molecule has 0 fully saturated rings. The molecule has 1 heterocycles. The summed E-state index contributed by atoms with van der Waals surface area (Å²) in [6, 6.07) is 3.31. The molecule has 1 aromatic heterocycles. The number of aromatic nitrogens is 1. The van der Waals surface area contributed by atoms with E-state index in [1.165, 1.54) is 12.5 Å². The number of nitrogens with two attached hydrogens (primary N) is 1. The summed E-state index contributed by atoms with van der Waals surface area (Å²) in [6.45, 7) is 2.16. The molecule has 1 unspecified atom stereocenters. The monoisotopic (exact) mass is 286 g/mol. The lowest BCUT2D eigenvalue weighted by molar-refractivity contribution is 0.318. The van der Waals surface area contributed by atoms with Crippen LogP contribution in [-0.2, 0) is 16.4 Å². The molecule has 0 saturated heterocycles. The van der Waals surface area contributed by atoms with Crippen molar-refractivity contribution in [2.45, 2.75) is 19.5 Å². The minimum atomic E-state index is -3.03. The van der Waals surface area contributed by atoms with Crippen molar-refractivity contribution < 1.29 is 13.6 Å². The van der Waals surface area contributed by atoms with Crippen LogP contribution in [0.2, 0.25) is 0 Å². The minimum absolute atomic E-state index is 0.0478. The SMILES string of the molecule is CC(CS(C)(=O)=O)NCc1cccnc1C(N)=NO. The van der Waals surface area contributed by atoms with Crippen molar-refractivity contribution in [2.75, 3.05) is 12.0 Å². The Morgan fingerprint density at radius 2 is 2.32 bits per heavy atom. The minimum Gasteiger partial charge on any atom is -0.409 e. The third-order valence-electron chi connectivity index (χ3n) is 2.44. The van der Waals surface area contributed by atoms with Gasteiger partial charge in [0.1, 0.15) is 15.5 Å². The molecule has 7 nitrogen and oxygen atoms in total. The summed E-state index contributed by atoms with van der Waals surface area (Å²) in [6.07, 6.45) is 2.73. The number of amidine groups is 1. The molecule has 0 aliphatic rings. The Bertz CT molecular complexity index is 557. The van der Waals surface area contributed by atoms with Crippen LogP contribution in [0.5, 0.6) is 0 Å². The van der Waals surface area contributed by atoms with E-state index in [9.17, 15) is 8.42 Å². The van der Waals surface area contributed by atoms with Crippen molar-refractivity contribution in [3.8, 4) is 0 Å². The maximum Gasteiger partial charge on any atom is 0.189 e. The second kappa shape index (κ2) is 6.48. The van der Waals surface area contributed by atoms with E-state index in [4.69, 9.17) is 10.9 Å². The zero-order valence-corrected chi connectivity index (χ0v) is 11.7. The maximum atomic E-state index is 11.1. The molecule has 1 rings (SSSR count). The molecule has 0 bridgehead atoms. The van der Waals surface area contributed by atoms with Gasteiger partial charge in [0, 0.05) is 25.0 Å².